The molecule has 2 aromatic carbocycles. The third kappa shape index (κ3) is 4.61. The average molecular weight is 433 g/mol. The molecule has 1 amide bonds. The van der Waals surface area contributed by atoms with E-state index in [4.69, 9.17) is 9.47 Å². The molecule has 7 heteroatoms. The second-order valence-corrected chi connectivity index (χ2v) is 7.70. The Morgan fingerprint density at radius 3 is 2.81 bits per heavy atom. The lowest BCUT2D eigenvalue weighted by Crippen LogP contribution is -2.32. The van der Waals surface area contributed by atoms with Crippen molar-refractivity contribution in [1.29, 1.82) is 0 Å². The highest BCUT2D eigenvalue weighted by Gasteiger charge is 2.21. The summed E-state index contributed by atoms with van der Waals surface area (Å²) in [5.74, 6) is 1.22. The first kappa shape index (κ1) is 21.5. The van der Waals surface area contributed by atoms with Crippen molar-refractivity contribution in [1.82, 2.24) is 20.1 Å². The first-order valence-electron chi connectivity index (χ1n) is 10.7. The maximum atomic E-state index is 12.6. The van der Waals surface area contributed by atoms with Crippen LogP contribution >= 0.6 is 0 Å². The number of H-pyrrole nitrogens is 1. The fraction of sp³-hybridized carbons (Fsp3) is 0.280. The van der Waals surface area contributed by atoms with E-state index in [0.29, 0.717) is 24.7 Å². The van der Waals surface area contributed by atoms with E-state index in [-0.39, 0.29) is 18.4 Å². The number of rotatable bonds is 9. The lowest BCUT2D eigenvalue weighted by atomic mass is 9.90. The second kappa shape index (κ2) is 9.60. The minimum atomic E-state index is -0.0872. The summed E-state index contributed by atoms with van der Waals surface area (Å²) in [4.78, 5) is 16.0. The summed E-state index contributed by atoms with van der Waals surface area (Å²) < 4.78 is 12.9. The number of hydrogen-bond acceptors (Lipinski definition) is 4. The second-order valence-electron chi connectivity index (χ2n) is 7.70. The molecule has 0 bridgehead atoms. The standard InChI is InChI=1S/C25H28N4O3/c1-4-32-23-10-9-18(11-24(23)31-3)20(21-14-26-22-8-6-5-7-19(21)22)13-27-25(30)16-29-15-17(2)12-28-29/h5-12,14-15,20,26H,4,13,16H2,1-3H3,(H,27,30). The van der Waals surface area contributed by atoms with E-state index in [2.05, 4.69) is 21.5 Å². The molecule has 32 heavy (non-hydrogen) atoms. The Morgan fingerprint density at radius 2 is 2.06 bits per heavy atom. The quantitative estimate of drug-likeness (QED) is 0.418. The number of nitrogens with one attached hydrogen (secondary N) is 2. The van der Waals surface area contributed by atoms with Gasteiger partial charge in [0.2, 0.25) is 5.91 Å². The van der Waals surface area contributed by atoms with Crippen LogP contribution in [0.4, 0.5) is 0 Å². The van der Waals surface area contributed by atoms with Crippen molar-refractivity contribution in [2.24, 2.45) is 0 Å². The number of aromatic nitrogens is 3. The number of carbonyl (C=O) groups excluding carboxylic acids is 1. The molecule has 0 saturated carbocycles. The van der Waals surface area contributed by atoms with Crippen molar-refractivity contribution in [2.45, 2.75) is 26.3 Å². The van der Waals surface area contributed by atoms with Gasteiger partial charge in [-0.05, 0) is 48.7 Å². The van der Waals surface area contributed by atoms with Crippen molar-refractivity contribution in [3.8, 4) is 11.5 Å². The number of aryl methyl sites for hydroxylation is 1. The van der Waals surface area contributed by atoms with Crippen LogP contribution in [0.5, 0.6) is 11.5 Å². The van der Waals surface area contributed by atoms with Gasteiger partial charge in [0.05, 0.1) is 19.9 Å². The summed E-state index contributed by atoms with van der Waals surface area (Å²) in [5, 5.41) is 8.41. The summed E-state index contributed by atoms with van der Waals surface area (Å²) in [6.07, 6.45) is 5.61. The normalized spacial score (nSPS) is 12.0. The molecule has 1 atom stereocenters. The van der Waals surface area contributed by atoms with E-state index in [1.807, 2.05) is 62.6 Å². The molecule has 0 aliphatic heterocycles. The monoisotopic (exact) mass is 432 g/mol. The molecular formula is C25H28N4O3. The first-order chi connectivity index (χ1) is 15.6. The largest absolute Gasteiger partial charge is 0.493 e. The zero-order chi connectivity index (χ0) is 22.5. The minimum Gasteiger partial charge on any atom is -0.493 e. The van der Waals surface area contributed by atoms with Crippen LogP contribution in [0, 0.1) is 6.92 Å². The number of para-hydroxylation sites is 1. The first-order valence-corrected chi connectivity index (χ1v) is 10.7. The molecule has 0 spiro atoms. The van der Waals surface area contributed by atoms with Crippen LogP contribution < -0.4 is 14.8 Å². The molecule has 0 fully saturated rings. The van der Waals surface area contributed by atoms with Gasteiger partial charge in [0.1, 0.15) is 6.54 Å². The Hall–Kier alpha value is -3.74. The predicted octanol–water partition coefficient (Wildman–Crippen LogP) is 4.03. The fourth-order valence-corrected chi connectivity index (χ4v) is 3.94. The summed E-state index contributed by atoms with van der Waals surface area (Å²) in [5.41, 5.74) is 4.23. The van der Waals surface area contributed by atoms with Crippen molar-refractivity contribution >= 4 is 16.8 Å². The van der Waals surface area contributed by atoms with Gasteiger partial charge >= 0.3 is 0 Å². The van der Waals surface area contributed by atoms with Gasteiger partial charge in [-0.15, -0.1) is 0 Å². The van der Waals surface area contributed by atoms with Crippen LogP contribution in [0.25, 0.3) is 10.9 Å². The number of benzene rings is 2. The van der Waals surface area contributed by atoms with Crippen LogP contribution in [0.2, 0.25) is 0 Å². The van der Waals surface area contributed by atoms with Crippen LogP contribution in [0.15, 0.2) is 61.1 Å². The highest BCUT2D eigenvalue weighted by atomic mass is 16.5. The highest BCUT2D eigenvalue weighted by molar-refractivity contribution is 5.84. The maximum absolute atomic E-state index is 12.6. The van der Waals surface area contributed by atoms with Gasteiger partial charge in [-0.2, -0.15) is 5.10 Å². The van der Waals surface area contributed by atoms with Gasteiger partial charge < -0.3 is 19.8 Å². The topological polar surface area (TPSA) is 81.2 Å². The molecule has 0 saturated heterocycles. The molecule has 2 N–H and O–H groups in total. The molecule has 0 aliphatic carbocycles. The average Bonchev–Trinajstić information content (AvgIpc) is 3.41. The van der Waals surface area contributed by atoms with Gasteiger partial charge in [-0.25, -0.2) is 0 Å². The SMILES string of the molecule is CCOc1ccc(C(CNC(=O)Cn2cc(C)cn2)c2c[nH]c3ccccc23)cc1OC. The molecule has 7 nitrogen and oxygen atoms in total. The molecule has 1 unspecified atom stereocenters. The van der Waals surface area contributed by atoms with E-state index in [1.54, 1.807) is 18.0 Å². The Bertz CT molecular complexity index is 1210. The number of aromatic amines is 1. The Morgan fingerprint density at radius 1 is 1.22 bits per heavy atom. The Kier molecular flexibility index (Phi) is 6.44. The molecule has 0 aliphatic rings. The molecule has 166 valence electrons. The Balaban J connectivity index is 1.63. The van der Waals surface area contributed by atoms with Crippen LogP contribution in [0.1, 0.15) is 29.5 Å². The van der Waals surface area contributed by atoms with Crippen LogP contribution in [-0.4, -0.2) is 40.9 Å². The van der Waals surface area contributed by atoms with E-state index in [0.717, 1.165) is 27.6 Å². The molecule has 2 heterocycles. The van der Waals surface area contributed by atoms with Gasteiger partial charge in [0, 0.05) is 35.8 Å². The van der Waals surface area contributed by atoms with Gasteiger partial charge in [-0.1, -0.05) is 24.3 Å². The third-order valence-corrected chi connectivity index (χ3v) is 5.46. The van der Waals surface area contributed by atoms with E-state index in [1.165, 1.54) is 0 Å². The lowest BCUT2D eigenvalue weighted by Gasteiger charge is -2.20. The summed E-state index contributed by atoms with van der Waals surface area (Å²) in [6, 6.07) is 14.1. The molecule has 4 aromatic rings. The third-order valence-electron chi connectivity index (χ3n) is 5.46. The summed E-state index contributed by atoms with van der Waals surface area (Å²) in [6.45, 7) is 5.08. The molecular weight excluding hydrogens is 404 g/mol. The summed E-state index contributed by atoms with van der Waals surface area (Å²) >= 11 is 0. The highest BCUT2D eigenvalue weighted by Crippen LogP contribution is 2.35. The van der Waals surface area contributed by atoms with E-state index in [9.17, 15) is 4.79 Å². The lowest BCUT2D eigenvalue weighted by molar-refractivity contribution is -0.121. The fourth-order valence-electron chi connectivity index (χ4n) is 3.94. The van der Waals surface area contributed by atoms with Crippen molar-refractivity contribution < 1.29 is 14.3 Å². The van der Waals surface area contributed by atoms with Gasteiger partial charge in [0.25, 0.3) is 0 Å². The number of fused-ring (bicyclic) bond motifs is 1. The smallest absolute Gasteiger partial charge is 0.241 e. The number of hydrogen-bond donors (Lipinski definition) is 2. The van der Waals surface area contributed by atoms with Crippen molar-refractivity contribution in [3.05, 3.63) is 77.7 Å². The number of methoxy groups -OCH3 is 1. The number of carbonyl (C=O) groups is 1. The van der Waals surface area contributed by atoms with E-state index >= 15 is 0 Å². The van der Waals surface area contributed by atoms with Gasteiger partial charge in [0.15, 0.2) is 11.5 Å². The maximum Gasteiger partial charge on any atom is 0.241 e. The van der Waals surface area contributed by atoms with Crippen LogP contribution in [-0.2, 0) is 11.3 Å². The number of nitrogens with zero attached hydrogens (tertiary/aromatic N) is 2. The van der Waals surface area contributed by atoms with Crippen LogP contribution in [0.3, 0.4) is 0 Å². The minimum absolute atomic E-state index is 0.0703. The Labute approximate surface area is 187 Å². The summed E-state index contributed by atoms with van der Waals surface area (Å²) in [7, 11) is 1.64. The number of ether oxygens (including phenoxy) is 2. The zero-order valence-electron chi connectivity index (χ0n) is 18.6. The molecule has 2 aromatic heterocycles. The van der Waals surface area contributed by atoms with Crippen molar-refractivity contribution in [3.63, 3.8) is 0 Å². The zero-order valence-corrected chi connectivity index (χ0v) is 18.6. The predicted molar refractivity (Wildman–Crippen MR) is 124 cm³/mol. The van der Waals surface area contributed by atoms with Gasteiger partial charge in [-0.3, -0.25) is 9.48 Å². The van der Waals surface area contributed by atoms with Crippen molar-refractivity contribution in [2.75, 3.05) is 20.3 Å². The van der Waals surface area contributed by atoms with E-state index < -0.39 is 0 Å². The molecule has 4 rings (SSSR count). The number of amides is 1. The molecule has 0 radical (unpaired) electrons.